The summed E-state index contributed by atoms with van der Waals surface area (Å²) in [4.78, 5) is 27.3. The lowest BCUT2D eigenvalue weighted by Gasteiger charge is -2.23. The molecule has 0 aliphatic carbocycles. The lowest BCUT2D eigenvalue weighted by molar-refractivity contribution is -0.138. The van der Waals surface area contributed by atoms with Crippen molar-refractivity contribution < 1.29 is 28.2 Å². The Kier molecular flexibility index (Phi) is 6.67. The number of ether oxygens (including phenoxy) is 3. The van der Waals surface area contributed by atoms with Crippen LogP contribution in [-0.2, 0) is 17.9 Å². The molecule has 7 nitrogen and oxygen atoms in total. The number of carbonyl (C=O) groups is 2. The summed E-state index contributed by atoms with van der Waals surface area (Å²) in [5.41, 5.74) is 2.46. The number of hydrogen-bond donors (Lipinski definition) is 1. The Balaban J connectivity index is 1.58. The van der Waals surface area contributed by atoms with Crippen LogP contribution in [0.15, 0.2) is 60.7 Å². The van der Waals surface area contributed by atoms with Gasteiger partial charge in [-0.15, -0.1) is 0 Å². The molecule has 0 fully saturated rings. The summed E-state index contributed by atoms with van der Waals surface area (Å²) in [6.45, 7) is 2.30. The van der Waals surface area contributed by atoms with Crippen LogP contribution in [0.2, 0.25) is 0 Å². The van der Waals surface area contributed by atoms with Crippen molar-refractivity contribution in [1.29, 1.82) is 0 Å². The Morgan fingerprint density at radius 2 is 1.85 bits per heavy atom. The van der Waals surface area contributed by atoms with E-state index in [0.29, 0.717) is 35.0 Å². The number of rotatable bonds is 6. The van der Waals surface area contributed by atoms with Crippen LogP contribution in [0.3, 0.4) is 0 Å². The van der Waals surface area contributed by atoms with Crippen LogP contribution in [0.25, 0.3) is 0 Å². The number of fused-ring (bicyclic) bond motifs is 1. The van der Waals surface area contributed by atoms with E-state index in [0.717, 1.165) is 11.1 Å². The third-order valence-electron chi connectivity index (χ3n) is 5.60. The molecule has 2 amide bonds. The van der Waals surface area contributed by atoms with Gasteiger partial charge in [0.1, 0.15) is 23.1 Å². The van der Waals surface area contributed by atoms with E-state index in [-0.39, 0.29) is 18.4 Å². The van der Waals surface area contributed by atoms with Gasteiger partial charge in [-0.2, -0.15) is 0 Å². The maximum atomic E-state index is 13.2. The number of methoxy groups -OCH3 is 2. The summed E-state index contributed by atoms with van der Waals surface area (Å²) < 4.78 is 29.8. The lowest BCUT2D eigenvalue weighted by Crippen LogP contribution is -2.37. The molecule has 0 saturated heterocycles. The van der Waals surface area contributed by atoms with Crippen LogP contribution < -0.4 is 19.5 Å². The summed E-state index contributed by atoms with van der Waals surface area (Å²) in [5, 5.41) is 2.81. The first-order valence-electron chi connectivity index (χ1n) is 10.7. The number of hydrogen-bond acceptors (Lipinski definition) is 5. The fourth-order valence-corrected chi connectivity index (χ4v) is 3.80. The molecule has 1 atom stereocenters. The van der Waals surface area contributed by atoms with Gasteiger partial charge < -0.3 is 24.4 Å². The molecule has 0 spiro atoms. The lowest BCUT2D eigenvalue weighted by atomic mass is 10.1. The zero-order chi connectivity index (χ0) is 24.2. The van der Waals surface area contributed by atoms with Crippen LogP contribution in [0.1, 0.15) is 28.4 Å². The molecule has 1 N–H and O–H groups in total. The second kappa shape index (κ2) is 9.82. The maximum Gasteiger partial charge on any atom is 0.263 e. The van der Waals surface area contributed by atoms with E-state index < -0.39 is 11.9 Å². The van der Waals surface area contributed by atoms with Crippen molar-refractivity contribution >= 4 is 17.5 Å². The number of nitrogens with zero attached hydrogens (tertiary/aromatic N) is 1. The Labute approximate surface area is 197 Å². The van der Waals surface area contributed by atoms with Crippen molar-refractivity contribution in [2.75, 3.05) is 19.5 Å². The van der Waals surface area contributed by atoms with Crippen molar-refractivity contribution in [3.8, 4) is 17.2 Å². The number of carbonyl (C=O) groups excluding carboxylic acids is 2. The highest BCUT2D eigenvalue weighted by Gasteiger charge is 2.29. The maximum absolute atomic E-state index is 13.2. The molecule has 3 aromatic rings. The third kappa shape index (κ3) is 4.96. The fourth-order valence-electron chi connectivity index (χ4n) is 3.80. The van der Waals surface area contributed by atoms with E-state index in [9.17, 15) is 14.0 Å². The van der Waals surface area contributed by atoms with Gasteiger partial charge in [-0.05, 0) is 61.5 Å². The van der Waals surface area contributed by atoms with Crippen LogP contribution in [-0.4, -0.2) is 37.0 Å². The van der Waals surface area contributed by atoms with Crippen molar-refractivity contribution in [2.24, 2.45) is 0 Å². The first kappa shape index (κ1) is 23.1. The van der Waals surface area contributed by atoms with E-state index in [2.05, 4.69) is 5.32 Å². The minimum absolute atomic E-state index is 0.161. The molecular formula is C26H25FN2O5. The monoisotopic (exact) mass is 464 g/mol. The highest BCUT2D eigenvalue weighted by atomic mass is 19.1. The number of anilines is 1. The first-order valence-corrected chi connectivity index (χ1v) is 10.7. The summed E-state index contributed by atoms with van der Waals surface area (Å²) >= 11 is 0. The van der Waals surface area contributed by atoms with E-state index in [4.69, 9.17) is 14.2 Å². The molecular weight excluding hydrogens is 439 g/mol. The summed E-state index contributed by atoms with van der Waals surface area (Å²) in [6, 6.07) is 16.0. The van der Waals surface area contributed by atoms with E-state index in [1.54, 1.807) is 50.3 Å². The van der Waals surface area contributed by atoms with Gasteiger partial charge in [-0.3, -0.25) is 9.59 Å². The summed E-state index contributed by atoms with van der Waals surface area (Å²) in [7, 11) is 3.15. The average Bonchev–Trinajstić information content (AvgIpc) is 2.95. The van der Waals surface area contributed by atoms with Crippen molar-refractivity contribution in [3.05, 3.63) is 83.2 Å². The minimum Gasteiger partial charge on any atom is -0.497 e. The molecule has 1 aliphatic rings. The predicted molar refractivity (Wildman–Crippen MR) is 125 cm³/mol. The van der Waals surface area contributed by atoms with Gasteiger partial charge in [0.2, 0.25) is 0 Å². The Morgan fingerprint density at radius 3 is 2.56 bits per heavy atom. The van der Waals surface area contributed by atoms with Gasteiger partial charge in [-0.25, -0.2) is 4.39 Å². The van der Waals surface area contributed by atoms with Crippen molar-refractivity contribution in [1.82, 2.24) is 4.90 Å². The predicted octanol–water partition coefficient (Wildman–Crippen LogP) is 4.40. The second-order valence-electron chi connectivity index (χ2n) is 7.92. The number of nitrogens with one attached hydrogen (secondary N) is 1. The Hall–Kier alpha value is -4.07. The minimum atomic E-state index is -0.676. The molecule has 0 saturated carbocycles. The van der Waals surface area contributed by atoms with Gasteiger partial charge >= 0.3 is 0 Å². The summed E-state index contributed by atoms with van der Waals surface area (Å²) in [6.07, 6.45) is -0.676. The molecule has 3 aromatic carbocycles. The number of halogens is 1. The average molecular weight is 464 g/mol. The molecule has 0 radical (unpaired) electrons. The molecule has 1 heterocycles. The third-order valence-corrected chi connectivity index (χ3v) is 5.60. The van der Waals surface area contributed by atoms with Crippen molar-refractivity contribution in [2.45, 2.75) is 26.1 Å². The van der Waals surface area contributed by atoms with E-state index in [1.807, 2.05) is 12.1 Å². The zero-order valence-corrected chi connectivity index (χ0v) is 19.1. The highest BCUT2D eigenvalue weighted by Crippen LogP contribution is 2.31. The van der Waals surface area contributed by atoms with Crippen LogP contribution in [0.4, 0.5) is 10.1 Å². The fraction of sp³-hybridized carbons (Fsp3) is 0.231. The normalized spacial score (nSPS) is 15.1. The smallest absolute Gasteiger partial charge is 0.263 e. The summed E-state index contributed by atoms with van der Waals surface area (Å²) in [5.74, 6) is 0.914. The van der Waals surface area contributed by atoms with E-state index >= 15 is 0 Å². The quantitative estimate of drug-likeness (QED) is 0.585. The molecule has 0 aromatic heterocycles. The van der Waals surface area contributed by atoms with Gasteiger partial charge in [-0.1, -0.05) is 0 Å². The molecule has 0 bridgehead atoms. The van der Waals surface area contributed by atoms with Gasteiger partial charge in [0.25, 0.3) is 11.8 Å². The topological polar surface area (TPSA) is 77.1 Å². The van der Waals surface area contributed by atoms with Crippen LogP contribution >= 0.6 is 0 Å². The van der Waals surface area contributed by atoms with Gasteiger partial charge in [0.15, 0.2) is 6.10 Å². The van der Waals surface area contributed by atoms with Gasteiger partial charge in [0, 0.05) is 41.5 Å². The number of benzene rings is 3. The second-order valence-corrected chi connectivity index (χ2v) is 7.92. The molecule has 1 aliphatic heterocycles. The number of amides is 2. The standard InChI is InChI=1S/C26H25FN2O5/c1-16-26(31)29(14-18-6-10-22(32-2)13-24(18)33-3)15-19-12-21(9-11-23(19)34-16)28-25(30)17-4-7-20(27)8-5-17/h4-13,16H,14-15H2,1-3H3,(H,28,30)/t16-/m1/s1. The van der Waals surface area contributed by atoms with Gasteiger partial charge in [0.05, 0.1) is 14.2 Å². The Bertz CT molecular complexity index is 1210. The van der Waals surface area contributed by atoms with E-state index in [1.165, 1.54) is 24.3 Å². The van der Waals surface area contributed by atoms with Crippen molar-refractivity contribution in [3.63, 3.8) is 0 Å². The Morgan fingerprint density at radius 1 is 1.09 bits per heavy atom. The largest absolute Gasteiger partial charge is 0.497 e. The SMILES string of the molecule is COc1ccc(CN2Cc3cc(NC(=O)c4ccc(F)cc4)ccc3O[C@H](C)C2=O)c(OC)c1. The first-order chi connectivity index (χ1) is 16.4. The van der Waals surface area contributed by atoms with Crippen LogP contribution in [0, 0.1) is 5.82 Å². The van der Waals surface area contributed by atoms with Crippen LogP contribution in [0.5, 0.6) is 17.2 Å². The molecule has 0 unspecified atom stereocenters. The molecule has 34 heavy (non-hydrogen) atoms. The molecule has 4 rings (SSSR count). The zero-order valence-electron chi connectivity index (χ0n) is 19.1. The highest BCUT2D eigenvalue weighted by molar-refractivity contribution is 6.04. The molecule has 8 heteroatoms. The molecule has 176 valence electrons.